The normalized spacial score (nSPS) is 17.3. The van der Waals surface area contributed by atoms with E-state index in [1.165, 1.54) is 6.92 Å². The number of esters is 1. The van der Waals surface area contributed by atoms with E-state index in [9.17, 15) is 18.0 Å². The smallest absolute Gasteiger partial charge is 0.421 e. The molecule has 0 saturated carbocycles. The van der Waals surface area contributed by atoms with Crippen LogP contribution in [-0.2, 0) is 35.0 Å². The second-order valence-corrected chi connectivity index (χ2v) is 7.10. The Kier molecular flexibility index (Phi) is 4.95. The number of carbonyl (C=O) groups excluding carboxylic acids is 1. The summed E-state index contributed by atoms with van der Waals surface area (Å²) in [5.41, 5.74) is -0.220. The molecule has 0 unspecified atom stereocenters. The van der Waals surface area contributed by atoms with Gasteiger partial charge in [0.15, 0.2) is 0 Å². The summed E-state index contributed by atoms with van der Waals surface area (Å²) < 4.78 is 58.6. The molecule has 1 aliphatic heterocycles. The molecule has 2 aliphatic rings. The summed E-state index contributed by atoms with van der Waals surface area (Å²) in [4.78, 5) is 12.1. The van der Waals surface area contributed by atoms with Crippen LogP contribution < -0.4 is 0 Å². The molecule has 6 nitrogen and oxygen atoms in total. The zero-order valence-corrected chi connectivity index (χ0v) is 15.5. The van der Waals surface area contributed by atoms with Gasteiger partial charge >= 0.3 is 12.1 Å². The first kappa shape index (κ1) is 19.0. The summed E-state index contributed by atoms with van der Waals surface area (Å²) in [7, 11) is 0. The molecule has 2 aromatic heterocycles. The Morgan fingerprint density at radius 2 is 2.07 bits per heavy atom. The summed E-state index contributed by atoms with van der Waals surface area (Å²) in [6.07, 6.45) is -0.329. The number of ether oxygens (including phenoxy) is 2. The minimum atomic E-state index is -4.75. The molecule has 2 aromatic rings. The molecular weight excluding hydrogens is 377 g/mol. The highest BCUT2D eigenvalue weighted by atomic mass is 19.4. The number of carbonyl (C=O) groups is 1. The van der Waals surface area contributed by atoms with Crippen molar-refractivity contribution in [2.45, 2.75) is 45.3 Å². The molecule has 0 N–H and O–H groups in total. The van der Waals surface area contributed by atoms with Crippen LogP contribution >= 0.6 is 0 Å². The van der Waals surface area contributed by atoms with Crippen molar-refractivity contribution in [3.63, 3.8) is 0 Å². The van der Waals surface area contributed by atoms with Crippen LogP contribution in [0.25, 0.3) is 11.3 Å². The van der Waals surface area contributed by atoms with Crippen molar-refractivity contribution < 1.29 is 31.9 Å². The molecule has 28 heavy (non-hydrogen) atoms. The van der Waals surface area contributed by atoms with Crippen molar-refractivity contribution in [2.24, 2.45) is 5.92 Å². The summed E-state index contributed by atoms with van der Waals surface area (Å²) in [6, 6.07) is 0. The topological polar surface area (TPSA) is 66.5 Å². The van der Waals surface area contributed by atoms with Crippen LogP contribution in [0.1, 0.15) is 47.2 Å². The number of hydrogen-bond acceptors (Lipinski definition) is 5. The fourth-order valence-corrected chi connectivity index (χ4v) is 3.91. The van der Waals surface area contributed by atoms with Gasteiger partial charge in [-0.1, -0.05) is 0 Å². The van der Waals surface area contributed by atoms with Crippen LogP contribution in [0.4, 0.5) is 13.2 Å². The third kappa shape index (κ3) is 3.43. The third-order valence-corrected chi connectivity index (χ3v) is 5.21. The molecule has 0 amide bonds. The quantitative estimate of drug-likeness (QED) is 0.732. The van der Waals surface area contributed by atoms with E-state index < -0.39 is 23.5 Å². The highest BCUT2D eigenvalue weighted by Crippen LogP contribution is 2.46. The minimum absolute atomic E-state index is 0.0352. The third-order valence-electron chi connectivity index (χ3n) is 5.21. The molecule has 0 bridgehead atoms. The van der Waals surface area contributed by atoms with Crippen LogP contribution in [0.15, 0.2) is 10.6 Å². The lowest BCUT2D eigenvalue weighted by molar-refractivity contribution is -0.138. The van der Waals surface area contributed by atoms with Gasteiger partial charge in [-0.05, 0) is 37.7 Å². The fraction of sp³-hybridized carbons (Fsp3) is 0.579. The van der Waals surface area contributed by atoms with Crippen molar-refractivity contribution in [2.75, 3.05) is 19.8 Å². The largest absolute Gasteiger partial charge is 0.460 e. The van der Waals surface area contributed by atoms with Gasteiger partial charge in [0.25, 0.3) is 0 Å². The molecule has 0 radical (unpaired) electrons. The summed E-state index contributed by atoms with van der Waals surface area (Å²) in [5, 5.41) is 4.44. The molecule has 152 valence electrons. The average molecular weight is 398 g/mol. The number of halogens is 3. The Morgan fingerprint density at radius 1 is 1.32 bits per heavy atom. The highest BCUT2D eigenvalue weighted by Gasteiger charge is 2.45. The average Bonchev–Trinajstić information content (AvgIpc) is 3.22. The Labute approximate surface area is 159 Å². The first-order valence-corrected chi connectivity index (χ1v) is 9.43. The maximum Gasteiger partial charge on any atom is 0.421 e. The van der Waals surface area contributed by atoms with Gasteiger partial charge in [-0.3, -0.25) is 4.68 Å². The van der Waals surface area contributed by atoms with Gasteiger partial charge < -0.3 is 13.9 Å². The SMILES string of the molecule is CCOC(=O)c1oc2c(c1C(F)(F)F)-c1nn(CC3CCOCC3)cc1CC2. The number of fused-ring (bicyclic) bond motifs is 3. The Balaban J connectivity index is 1.74. The molecule has 1 aliphatic carbocycles. The van der Waals surface area contributed by atoms with Gasteiger partial charge in [0.1, 0.15) is 11.3 Å². The van der Waals surface area contributed by atoms with E-state index in [0.717, 1.165) is 18.4 Å². The van der Waals surface area contributed by atoms with E-state index in [1.54, 1.807) is 4.68 Å². The van der Waals surface area contributed by atoms with E-state index in [4.69, 9.17) is 13.9 Å². The van der Waals surface area contributed by atoms with E-state index in [1.807, 2.05) is 6.20 Å². The molecular formula is C19H21F3N2O4. The van der Waals surface area contributed by atoms with Crippen molar-refractivity contribution in [1.82, 2.24) is 9.78 Å². The molecule has 0 spiro atoms. The predicted octanol–water partition coefficient (Wildman–Crippen LogP) is 3.86. The maximum absolute atomic E-state index is 13.8. The Bertz CT molecular complexity index is 879. The van der Waals surface area contributed by atoms with Gasteiger partial charge in [-0.25, -0.2) is 4.79 Å². The minimum Gasteiger partial charge on any atom is -0.460 e. The predicted molar refractivity (Wildman–Crippen MR) is 91.8 cm³/mol. The number of aromatic nitrogens is 2. The van der Waals surface area contributed by atoms with Gasteiger partial charge in [0, 0.05) is 32.4 Å². The number of alkyl halides is 3. The summed E-state index contributed by atoms with van der Waals surface area (Å²) >= 11 is 0. The highest BCUT2D eigenvalue weighted by molar-refractivity contribution is 5.92. The van der Waals surface area contributed by atoms with E-state index in [-0.39, 0.29) is 30.0 Å². The van der Waals surface area contributed by atoms with E-state index in [2.05, 4.69) is 5.10 Å². The summed E-state index contributed by atoms with van der Waals surface area (Å²) in [6.45, 7) is 3.52. The zero-order valence-electron chi connectivity index (χ0n) is 15.5. The van der Waals surface area contributed by atoms with Gasteiger partial charge in [0.2, 0.25) is 5.76 Å². The van der Waals surface area contributed by atoms with Crippen LogP contribution in [0, 0.1) is 5.92 Å². The number of furan rings is 1. The summed E-state index contributed by atoms with van der Waals surface area (Å²) in [5.74, 6) is -1.37. The fourth-order valence-electron chi connectivity index (χ4n) is 3.91. The zero-order chi connectivity index (χ0) is 19.9. The first-order valence-electron chi connectivity index (χ1n) is 9.43. The maximum atomic E-state index is 13.8. The van der Waals surface area contributed by atoms with Crippen molar-refractivity contribution in [3.05, 3.63) is 28.8 Å². The molecule has 1 fully saturated rings. The number of hydrogen-bond donors (Lipinski definition) is 0. The first-order chi connectivity index (χ1) is 13.4. The van der Waals surface area contributed by atoms with Crippen LogP contribution in [0.3, 0.4) is 0 Å². The second kappa shape index (κ2) is 7.27. The molecule has 0 atom stereocenters. The molecule has 4 rings (SSSR count). The van der Waals surface area contributed by atoms with Crippen molar-refractivity contribution in [3.8, 4) is 11.3 Å². The lowest BCUT2D eigenvalue weighted by Crippen LogP contribution is -2.20. The second-order valence-electron chi connectivity index (χ2n) is 7.10. The van der Waals surface area contributed by atoms with Crippen molar-refractivity contribution >= 4 is 5.97 Å². The molecule has 9 heteroatoms. The lowest BCUT2D eigenvalue weighted by atomic mass is 9.93. The Hall–Kier alpha value is -2.29. The Morgan fingerprint density at radius 3 is 2.75 bits per heavy atom. The monoisotopic (exact) mass is 398 g/mol. The van der Waals surface area contributed by atoms with Crippen LogP contribution in [0.2, 0.25) is 0 Å². The number of aryl methyl sites for hydroxylation is 2. The van der Waals surface area contributed by atoms with Gasteiger partial charge in [0.05, 0.1) is 17.9 Å². The standard InChI is InChI=1S/C19H21F3N2O4/c1-2-27-18(25)17-15(19(20,21)22)14-13(28-17)4-3-12-10-24(23-16(12)14)9-11-5-7-26-8-6-11/h10-11H,2-9H2,1H3. The van der Waals surface area contributed by atoms with E-state index in [0.29, 0.717) is 32.1 Å². The van der Waals surface area contributed by atoms with Crippen molar-refractivity contribution in [1.29, 1.82) is 0 Å². The molecule has 3 heterocycles. The van der Waals surface area contributed by atoms with E-state index >= 15 is 0 Å². The lowest BCUT2D eigenvalue weighted by Gasteiger charge is -2.21. The molecule has 1 saturated heterocycles. The number of nitrogens with zero attached hydrogens (tertiary/aromatic N) is 2. The van der Waals surface area contributed by atoms with Crippen LogP contribution in [0.5, 0.6) is 0 Å². The van der Waals surface area contributed by atoms with Crippen LogP contribution in [-0.4, -0.2) is 35.6 Å². The van der Waals surface area contributed by atoms with Gasteiger partial charge in [-0.2, -0.15) is 18.3 Å². The molecule has 0 aromatic carbocycles. The number of rotatable bonds is 4. The van der Waals surface area contributed by atoms with Gasteiger partial charge in [-0.15, -0.1) is 0 Å².